The Balaban J connectivity index is 3.35. The number of aromatic nitrogens is 1. The average molecular weight is 260 g/mol. The van der Waals surface area contributed by atoms with E-state index >= 15 is 0 Å². The summed E-state index contributed by atoms with van der Waals surface area (Å²) in [4.78, 5) is 24.4. The summed E-state index contributed by atoms with van der Waals surface area (Å²) in [5.74, 6) is -0.762. The monoisotopic (exact) mass is 260 g/mol. The van der Waals surface area contributed by atoms with Crippen LogP contribution in [0.4, 0.5) is 14.5 Å². The van der Waals surface area contributed by atoms with Gasteiger partial charge in [0.05, 0.1) is 18.5 Å². The molecule has 98 valence electrons. The predicted molar refractivity (Wildman–Crippen MR) is 56.3 cm³/mol. The molecular weight excluding hydrogens is 250 g/mol. The van der Waals surface area contributed by atoms with Gasteiger partial charge >= 0.3 is 5.97 Å². The average Bonchev–Trinajstić information content (AvgIpc) is 2.30. The third-order valence-corrected chi connectivity index (χ3v) is 2.42. The molecule has 0 bridgehead atoms. The number of rotatable bonds is 4. The van der Waals surface area contributed by atoms with Crippen molar-refractivity contribution in [3.63, 3.8) is 0 Å². The Bertz CT molecular complexity index is 491. The first kappa shape index (κ1) is 13.9. The first-order valence-electron chi connectivity index (χ1n) is 4.86. The molecule has 6 nitrogen and oxygen atoms in total. The van der Waals surface area contributed by atoms with Crippen LogP contribution in [0, 0.1) is 17.0 Å². The lowest BCUT2D eigenvalue weighted by Gasteiger charge is -2.10. The largest absolute Gasteiger partial charge is 0.469 e. The second-order valence-electron chi connectivity index (χ2n) is 3.44. The second-order valence-corrected chi connectivity index (χ2v) is 3.44. The predicted octanol–water partition coefficient (Wildman–Crippen LogP) is 1.95. The van der Waals surface area contributed by atoms with Gasteiger partial charge in [-0.2, -0.15) is 0 Å². The van der Waals surface area contributed by atoms with Crippen molar-refractivity contribution in [2.75, 3.05) is 7.11 Å². The van der Waals surface area contributed by atoms with Gasteiger partial charge in [0.1, 0.15) is 11.9 Å². The van der Waals surface area contributed by atoms with Crippen LogP contribution in [0.2, 0.25) is 0 Å². The van der Waals surface area contributed by atoms with Crippen molar-refractivity contribution in [1.82, 2.24) is 4.98 Å². The summed E-state index contributed by atoms with van der Waals surface area (Å²) < 4.78 is 29.8. The van der Waals surface area contributed by atoms with Crippen LogP contribution in [0.1, 0.15) is 23.2 Å². The van der Waals surface area contributed by atoms with Gasteiger partial charge in [0, 0.05) is 11.1 Å². The fourth-order valence-corrected chi connectivity index (χ4v) is 1.46. The Morgan fingerprint density at radius 1 is 1.61 bits per heavy atom. The molecule has 0 aromatic carbocycles. The first-order chi connectivity index (χ1) is 8.38. The number of alkyl halides is 2. The number of carbonyl (C=O) groups is 1. The highest BCUT2D eigenvalue weighted by Gasteiger charge is 2.25. The molecule has 1 aromatic rings. The highest BCUT2D eigenvalue weighted by molar-refractivity contribution is 5.74. The van der Waals surface area contributed by atoms with E-state index < -0.39 is 35.1 Å². The molecule has 0 unspecified atom stereocenters. The quantitative estimate of drug-likeness (QED) is 0.469. The van der Waals surface area contributed by atoms with Crippen molar-refractivity contribution < 1.29 is 23.2 Å². The Hall–Kier alpha value is -2.12. The van der Waals surface area contributed by atoms with E-state index in [4.69, 9.17) is 0 Å². The molecule has 0 aliphatic heterocycles. The number of nitrogens with zero attached hydrogens (tertiary/aromatic N) is 2. The fourth-order valence-electron chi connectivity index (χ4n) is 1.46. The van der Waals surface area contributed by atoms with Gasteiger partial charge < -0.3 is 4.74 Å². The van der Waals surface area contributed by atoms with E-state index in [9.17, 15) is 23.7 Å². The van der Waals surface area contributed by atoms with E-state index in [1.165, 1.54) is 6.92 Å². The van der Waals surface area contributed by atoms with Crippen LogP contribution in [0.5, 0.6) is 0 Å². The van der Waals surface area contributed by atoms with Gasteiger partial charge in [-0.15, -0.1) is 0 Å². The maximum atomic E-state index is 12.7. The van der Waals surface area contributed by atoms with Gasteiger partial charge in [-0.1, -0.05) is 0 Å². The summed E-state index contributed by atoms with van der Waals surface area (Å²) in [5, 5.41) is 10.7. The third-order valence-electron chi connectivity index (χ3n) is 2.42. The molecule has 0 aliphatic rings. The molecule has 18 heavy (non-hydrogen) atoms. The van der Waals surface area contributed by atoms with Gasteiger partial charge in [0.2, 0.25) is 0 Å². The molecule has 1 heterocycles. The van der Waals surface area contributed by atoms with Crippen molar-refractivity contribution in [3.8, 4) is 0 Å². The minimum absolute atomic E-state index is 0.00398. The SMILES string of the molecule is COC(=O)Cc1c(C(F)F)ncc([N+](=O)[O-])c1C. The summed E-state index contributed by atoms with van der Waals surface area (Å²) in [6.07, 6.45) is -2.63. The Morgan fingerprint density at radius 3 is 2.67 bits per heavy atom. The zero-order valence-corrected chi connectivity index (χ0v) is 9.65. The number of hydrogen-bond donors (Lipinski definition) is 0. The van der Waals surface area contributed by atoms with Crippen LogP contribution in [0.25, 0.3) is 0 Å². The molecule has 8 heteroatoms. The highest BCUT2D eigenvalue weighted by atomic mass is 19.3. The van der Waals surface area contributed by atoms with Gasteiger partial charge in [0.15, 0.2) is 0 Å². The van der Waals surface area contributed by atoms with Crippen molar-refractivity contribution in [2.24, 2.45) is 0 Å². The van der Waals surface area contributed by atoms with Crippen LogP contribution in [0.3, 0.4) is 0 Å². The molecule has 0 radical (unpaired) electrons. The number of ether oxygens (including phenoxy) is 1. The normalized spacial score (nSPS) is 10.5. The van der Waals surface area contributed by atoms with E-state index in [1.54, 1.807) is 0 Å². The number of carbonyl (C=O) groups excluding carboxylic acids is 1. The molecule has 0 amide bonds. The molecule has 0 atom stereocenters. The van der Waals surface area contributed by atoms with E-state index in [0.717, 1.165) is 13.3 Å². The third kappa shape index (κ3) is 2.76. The molecule has 0 saturated heterocycles. The van der Waals surface area contributed by atoms with Crippen LogP contribution in [0.15, 0.2) is 6.20 Å². The highest BCUT2D eigenvalue weighted by Crippen LogP contribution is 2.29. The van der Waals surface area contributed by atoms with Crippen LogP contribution >= 0.6 is 0 Å². The zero-order chi connectivity index (χ0) is 13.9. The van der Waals surface area contributed by atoms with Crippen molar-refractivity contribution >= 4 is 11.7 Å². The molecule has 0 saturated carbocycles. The van der Waals surface area contributed by atoms with Crippen molar-refractivity contribution in [2.45, 2.75) is 19.8 Å². The topological polar surface area (TPSA) is 82.3 Å². The van der Waals surface area contributed by atoms with Crippen LogP contribution < -0.4 is 0 Å². The molecule has 0 spiro atoms. The van der Waals surface area contributed by atoms with Gasteiger partial charge in [-0.05, 0) is 6.92 Å². The first-order valence-corrected chi connectivity index (χ1v) is 4.86. The summed E-state index contributed by atoms with van der Waals surface area (Å²) >= 11 is 0. The minimum atomic E-state index is -2.91. The van der Waals surface area contributed by atoms with Gasteiger partial charge in [0.25, 0.3) is 12.1 Å². The molecular formula is C10H10F2N2O4. The number of pyridine rings is 1. The maximum Gasteiger partial charge on any atom is 0.310 e. The molecule has 1 aromatic heterocycles. The van der Waals surface area contributed by atoms with E-state index in [0.29, 0.717) is 0 Å². The fraction of sp³-hybridized carbons (Fsp3) is 0.400. The Labute approximate surface area is 101 Å². The minimum Gasteiger partial charge on any atom is -0.469 e. The van der Waals surface area contributed by atoms with Crippen molar-refractivity contribution in [3.05, 3.63) is 33.1 Å². The summed E-state index contributed by atoms with van der Waals surface area (Å²) in [6, 6.07) is 0. The molecule has 0 N–H and O–H groups in total. The lowest BCUT2D eigenvalue weighted by Crippen LogP contribution is -2.11. The molecule has 1 rings (SSSR count). The lowest BCUT2D eigenvalue weighted by molar-refractivity contribution is -0.385. The smallest absolute Gasteiger partial charge is 0.310 e. The summed E-state index contributed by atoms with van der Waals surface area (Å²) in [6.45, 7) is 1.30. The van der Waals surface area contributed by atoms with E-state index in [-0.39, 0.29) is 11.1 Å². The van der Waals surface area contributed by atoms with Gasteiger partial charge in [-0.3, -0.25) is 14.9 Å². The van der Waals surface area contributed by atoms with E-state index in [1.807, 2.05) is 0 Å². The second kappa shape index (κ2) is 5.48. The van der Waals surface area contributed by atoms with Crippen molar-refractivity contribution in [1.29, 1.82) is 0 Å². The lowest BCUT2D eigenvalue weighted by atomic mass is 10.0. The van der Waals surface area contributed by atoms with Gasteiger partial charge in [-0.25, -0.2) is 13.8 Å². The number of esters is 1. The Kier molecular flexibility index (Phi) is 4.24. The number of hydrogen-bond acceptors (Lipinski definition) is 5. The standard InChI is InChI=1S/C10H10F2N2O4/c1-5-6(3-8(15)18-2)9(10(11)12)13-4-7(5)14(16)17/h4,10H,3H2,1-2H3. The van der Waals surface area contributed by atoms with E-state index in [2.05, 4.69) is 9.72 Å². The summed E-state index contributed by atoms with van der Waals surface area (Å²) in [5.41, 5.74) is -1.21. The zero-order valence-electron chi connectivity index (χ0n) is 9.65. The molecule has 0 aliphatic carbocycles. The number of methoxy groups -OCH3 is 1. The Morgan fingerprint density at radius 2 is 2.22 bits per heavy atom. The number of nitro groups is 1. The van der Waals surface area contributed by atoms with Crippen LogP contribution in [-0.4, -0.2) is 23.0 Å². The van der Waals surface area contributed by atoms with Crippen LogP contribution in [-0.2, 0) is 16.0 Å². The maximum absolute atomic E-state index is 12.7. The number of halogens is 2. The summed E-state index contributed by atoms with van der Waals surface area (Å²) in [7, 11) is 1.10. The molecule has 0 fully saturated rings.